The van der Waals surface area contributed by atoms with Gasteiger partial charge in [0.1, 0.15) is 6.61 Å². The van der Waals surface area contributed by atoms with Crippen LogP contribution in [0.15, 0.2) is 0 Å². The standard InChI is InChI=1S/C2H5O3P.2Na.2H/c1-2-5-6(3)4;;;;/h2H2,1H3;;;;/q;2*+1;2*-1/p+1. The summed E-state index contributed by atoms with van der Waals surface area (Å²) in [6, 6.07) is 0. The predicted octanol–water partition coefficient (Wildman–Crippen LogP) is -5.09. The van der Waals surface area contributed by atoms with Crippen LogP contribution in [0.4, 0.5) is 0 Å². The number of rotatable bonds is 2. The van der Waals surface area contributed by atoms with Crippen molar-refractivity contribution in [3.63, 3.8) is 0 Å². The van der Waals surface area contributed by atoms with Crippen LogP contribution in [0.3, 0.4) is 0 Å². The Hall–Kier alpha value is 2.02. The third-order valence-electron chi connectivity index (χ3n) is 0.240. The molecule has 8 heavy (non-hydrogen) atoms. The minimum absolute atomic E-state index is 0. The van der Waals surface area contributed by atoms with Crippen LogP contribution < -0.4 is 59.1 Å². The molecule has 1 N–H and O–H groups in total. The molecule has 40 valence electrons. The molecule has 0 fully saturated rings. The average Bonchev–Trinajstić information content (AvgIpc) is 1.35. The zero-order chi connectivity index (χ0) is 4.99. The van der Waals surface area contributed by atoms with Gasteiger partial charge in [-0.1, -0.05) is 0 Å². The molecule has 0 rings (SSSR count). The van der Waals surface area contributed by atoms with Gasteiger partial charge in [0.15, 0.2) is 0 Å². The zero-order valence-electron chi connectivity index (χ0n) is 7.42. The molecule has 0 radical (unpaired) electrons. The van der Waals surface area contributed by atoms with Crippen LogP contribution in [0.1, 0.15) is 9.78 Å². The Balaban J connectivity index is -0.0000000208. The second kappa shape index (κ2) is 11.8. The molecule has 1 atom stereocenters. The normalized spacial score (nSPS) is 8.50. The molecule has 0 aromatic rings. The molecule has 0 spiro atoms. The maximum absolute atomic E-state index is 9.53. The Kier molecular flexibility index (Phi) is 24.3. The van der Waals surface area contributed by atoms with Crippen molar-refractivity contribution in [1.82, 2.24) is 0 Å². The molecule has 0 saturated carbocycles. The van der Waals surface area contributed by atoms with Gasteiger partial charge in [0.05, 0.1) is 0 Å². The molecule has 0 aromatic heterocycles. The van der Waals surface area contributed by atoms with Crippen molar-refractivity contribution in [3.05, 3.63) is 0 Å². The number of hydrogen-bond donors (Lipinski definition) is 1. The average molecular weight is 157 g/mol. The fourth-order valence-corrected chi connectivity index (χ4v) is 0.331. The minimum atomic E-state index is -2.35. The summed E-state index contributed by atoms with van der Waals surface area (Å²) in [6.07, 6.45) is 0. The van der Waals surface area contributed by atoms with E-state index < -0.39 is 8.25 Å². The Morgan fingerprint density at radius 3 is 2.12 bits per heavy atom. The SMILES string of the molecule is CCO[P+](=O)O.[H-].[H-].[Na+].[Na+]. The van der Waals surface area contributed by atoms with Crippen molar-refractivity contribution >= 4 is 8.25 Å². The summed E-state index contributed by atoms with van der Waals surface area (Å²) in [5, 5.41) is 0. The zero-order valence-corrected chi connectivity index (χ0v) is 10.3. The van der Waals surface area contributed by atoms with Crippen molar-refractivity contribution in [2.24, 2.45) is 0 Å². The summed E-state index contributed by atoms with van der Waals surface area (Å²) in [6.45, 7) is 1.95. The van der Waals surface area contributed by atoms with Crippen molar-refractivity contribution in [1.29, 1.82) is 0 Å². The predicted molar refractivity (Wildman–Crippen MR) is 23.7 cm³/mol. The Labute approximate surface area is 96.7 Å². The molecular weight excluding hydrogens is 149 g/mol. The molecule has 3 nitrogen and oxygen atoms in total. The van der Waals surface area contributed by atoms with Crippen molar-refractivity contribution in [2.45, 2.75) is 6.92 Å². The van der Waals surface area contributed by atoms with Crippen LogP contribution in [0.25, 0.3) is 0 Å². The molecule has 0 bridgehead atoms. The Bertz CT molecular complexity index is 66.5. The van der Waals surface area contributed by atoms with Gasteiger partial charge in [-0.15, -0.1) is 9.42 Å². The molecule has 6 heteroatoms. The fraction of sp³-hybridized carbons (Fsp3) is 1.00. The smallest absolute Gasteiger partial charge is 1.00 e. The van der Waals surface area contributed by atoms with Gasteiger partial charge in [0, 0.05) is 4.57 Å². The van der Waals surface area contributed by atoms with Crippen LogP contribution in [0.5, 0.6) is 0 Å². The largest absolute Gasteiger partial charge is 1.00 e. The van der Waals surface area contributed by atoms with Crippen molar-refractivity contribution in [3.8, 4) is 0 Å². The molecule has 0 aliphatic carbocycles. The topological polar surface area (TPSA) is 46.5 Å². The maximum atomic E-state index is 9.53. The van der Waals surface area contributed by atoms with Gasteiger partial charge in [-0.25, -0.2) is 0 Å². The van der Waals surface area contributed by atoms with Gasteiger partial charge in [0.2, 0.25) is 0 Å². The van der Waals surface area contributed by atoms with E-state index in [1.165, 1.54) is 0 Å². The van der Waals surface area contributed by atoms with E-state index in [0.29, 0.717) is 6.61 Å². The monoisotopic (exact) mass is 157 g/mol. The van der Waals surface area contributed by atoms with Crippen LogP contribution in [-0.2, 0) is 9.09 Å². The van der Waals surface area contributed by atoms with Gasteiger partial charge in [-0.05, 0) is 6.92 Å². The van der Waals surface area contributed by atoms with E-state index in [1.807, 2.05) is 0 Å². The molecular formula is C2H8Na2O3P+. The van der Waals surface area contributed by atoms with E-state index in [-0.39, 0.29) is 62.0 Å². The maximum Gasteiger partial charge on any atom is 1.00 e. The third-order valence-corrected chi connectivity index (χ3v) is 0.719. The number of hydrogen-bond acceptors (Lipinski definition) is 2. The van der Waals surface area contributed by atoms with Gasteiger partial charge >= 0.3 is 67.4 Å². The Morgan fingerprint density at radius 2 is 2.12 bits per heavy atom. The summed E-state index contributed by atoms with van der Waals surface area (Å²) in [7, 11) is -2.35. The van der Waals surface area contributed by atoms with E-state index >= 15 is 0 Å². The van der Waals surface area contributed by atoms with Crippen LogP contribution in [-0.4, -0.2) is 11.5 Å². The van der Waals surface area contributed by atoms with E-state index in [2.05, 4.69) is 4.52 Å². The first-order valence-electron chi connectivity index (χ1n) is 1.56. The summed E-state index contributed by atoms with van der Waals surface area (Å²) in [4.78, 5) is 7.84. The second-order valence-corrected chi connectivity index (χ2v) is 1.39. The van der Waals surface area contributed by atoms with Crippen molar-refractivity contribution in [2.75, 3.05) is 6.61 Å². The second-order valence-electron chi connectivity index (χ2n) is 0.656. The van der Waals surface area contributed by atoms with Crippen LogP contribution in [0.2, 0.25) is 0 Å². The van der Waals surface area contributed by atoms with E-state index in [9.17, 15) is 4.57 Å². The van der Waals surface area contributed by atoms with Gasteiger partial charge < -0.3 is 2.85 Å². The summed E-state index contributed by atoms with van der Waals surface area (Å²) >= 11 is 0. The summed E-state index contributed by atoms with van der Waals surface area (Å²) in [5.41, 5.74) is 0. The van der Waals surface area contributed by atoms with Crippen molar-refractivity contribution < 1.29 is 76.0 Å². The van der Waals surface area contributed by atoms with Gasteiger partial charge in [-0.2, -0.15) is 0 Å². The first-order chi connectivity index (χ1) is 2.77. The molecule has 0 heterocycles. The fourth-order valence-electron chi connectivity index (χ4n) is 0.110. The first-order valence-corrected chi connectivity index (χ1v) is 2.69. The molecule has 0 aliphatic heterocycles. The van der Waals surface area contributed by atoms with E-state index in [0.717, 1.165) is 0 Å². The minimum Gasteiger partial charge on any atom is -1.00 e. The van der Waals surface area contributed by atoms with Crippen LogP contribution >= 0.6 is 8.25 Å². The van der Waals surface area contributed by atoms with Crippen LogP contribution in [0, 0.1) is 0 Å². The van der Waals surface area contributed by atoms with E-state index in [1.54, 1.807) is 6.92 Å². The summed E-state index contributed by atoms with van der Waals surface area (Å²) in [5.74, 6) is 0. The van der Waals surface area contributed by atoms with Gasteiger partial charge in [0.25, 0.3) is 0 Å². The molecule has 0 saturated heterocycles. The molecule has 1 unspecified atom stereocenters. The third kappa shape index (κ3) is 15.7. The molecule has 0 aromatic carbocycles. The Morgan fingerprint density at radius 1 is 1.75 bits per heavy atom. The van der Waals surface area contributed by atoms with Gasteiger partial charge in [-0.3, -0.25) is 0 Å². The quantitative estimate of drug-likeness (QED) is 0.322. The molecule has 0 aliphatic rings. The van der Waals surface area contributed by atoms with E-state index in [4.69, 9.17) is 4.89 Å². The summed E-state index contributed by atoms with van der Waals surface area (Å²) < 4.78 is 13.6. The molecule has 0 amide bonds. The first kappa shape index (κ1) is 16.5.